The highest BCUT2D eigenvalue weighted by atomic mass is 35.5. The molecule has 21 heavy (non-hydrogen) atoms. The van der Waals surface area contributed by atoms with Crippen LogP contribution in [0.3, 0.4) is 0 Å². The summed E-state index contributed by atoms with van der Waals surface area (Å²) in [6.07, 6.45) is 8.00. The van der Waals surface area contributed by atoms with Gasteiger partial charge in [0.25, 0.3) is 0 Å². The summed E-state index contributed by atoms with van der Waals surface area (Å²) < 4.78 is 0. The molecule has 2 aliphatic rings. The molecule has 116 valence electrons. The summed E-state index contributed by atoms with van der Waals surface area (Å²) >= 11 is 6.24. The molecule has 0 amide bonds. The number of aromatic nitrogens is 2. The number of anilines is 2. The maximum atomic E-state index is 6.24. The van der Waals surface area contributed by atoms with Gasteiger partial charge in [-0.05, 0) is 39.7 Å². The summed E-state index contributed by atoms with van der Waals surface area (Å²) in [4.78, 5) is 11.2. The topological polar surface area (TPSA) is 53.1 Å². The predicted octanol–water partition coefficient (Wildman–Crippen LogP) is 2.99. The number of hydrogen-bond donors (Lipinski definition) is 2. The van der Waals surface area contributed by atoms with E-state index >= 15 is 0 Å². The Kier molecular flexibility index (Phi) is 4.50. The number of rotatable bonds is 4. The molecule has 5 nitrogen and oxygen atoms in total. The first-order valence-electron chi connectivity index (χ1n) is 7.92. The summed E-state index contributed by atoms with van der Waals surface area (Å²) in [5, 5.41) is 7.28. The number of hydrogen-bond acceptors (Lipinski definition) is 5. The third-order valence-electron chi connectivity index (χ3n) is 4.76. The fourth-order valence-corrected chi connectivity index (χ4v) is 3.78. The third-order valence-corrected chi connectivity index (χ3v) is 5.04. The van der Waals surface area contributed by atoms with Gasteiger partial charge in [-0.15, -0.1) is 0 Å². The highest BCUT2D eigenvalue weighted by Gasteiger charge is 2.36. The lowest BCUT2D eigenvalue weighted by Gasteiger charge is -2.47. The molecule has 0 radical (unpaired) electrons. The molecule has 2 atom stereocenters. The number of halogens is 1. The monoisotopic (exact) mass is 309 g/mol. The first-order chi connectivity index (χ1) is 10.2. The number of nitrogens with one attached hydrogen (secondary N) is 2. The number of fused-ring (bicyclic) bond motifs is 2. The molecule has 2 unspecified atom stereocenters. The minimum atomic E-state index is 0.457. The van der Waals surface area contributed by atoms with E-state index in [4.69, 9.17) is 11.6 Å². The van der Waals surface area contributed by atoms with Crippen molar-refractivity contribution in [3.63, 3.8) is 0 Å². The summed E-state index contributed by atoms with van der Waals surface area (Å²) in [5.74, 6) is 1.40. The fraction of sp³-hybridized carbons (Fsp3) is 0.733. The third kappa shape index (κ3) is 3.24. The molecule has 0 spiro atoms. The van der Waals surface area contributed by atoms with Crippen molar-refractivity contribution < 1.29 is 0 Å². The zero-order chi connectivity index (χ0) is 14.8. The fourth-order valence-electron chi connectivity index (χ4n) is 3.64. The quantitative estimate of drug-likeness (QED) is 0.895. The van der Waals surface area contributed by atoms with E-state index in [2.05, 4.69) is 32.5 Å². The van der Waals surface area contributed by atoms with Crippen LogP contribution in [0.1, 0.15) is 39.0 Å². The Morgan fingerprint density at radius 3 is 2.71 bits per heavy atom. The lowest BCUT2D eigenvalue weighted by molar-refractivity contribution is 0.0608. The van der Waals surface area contributed by atoms with Gasteiger partial charge < -0.3 is 15.5 Å². The summed E-state index contributed by atoms with van der Waals surface area (Å²) in [5.41, 5.74) is 0. The van der Waals surface area contributed by atoms with Gasteiger partial charge in [-0.25, -0.2) is 4.98 Å². The SMILES string of the molecule is CCNc1ncc(Cl)c(NC2CC3CCCC(C2)N3C)n1. The molecule has 2 N–H and O–H groups in total. The first-order valence-corrected chi connectivity index (χ1v) is 8.30. The van der Waals surface area contributed by atoms with Gasteiger partial charge in [0.1, 0.15) is 5.02 Å². The molecule has 1 aromatic rings. The van der Waals surface area contributed by atoms with Crippen LogP contribution in [0.15, 0.2) is 6.20 Å². The van der Waals surface area contributed by atoms with Crippen molar-refractivity contribution in [2.75, 3.05) is 24.2 Å². The average Bonchev–Trinajstić information content (AvgIpc) is 2.44. The second-order valence-corrected chi connectivity index (χ2v) is 6.54. The van der Waals surface area contributed by atoms with Gasteiger partial charge in [-0.2, -0.15) is 4.98 Å². The van der Waals surface area contributed by atoms with Crippen LogP contribution < -0.4 is 10.6 Å². The Morgan fingerprint density at radius 2 is 2.05 bits per heavy atom. The molecule has 6 heteroatoms. The minimum absolute atomic E-state index is 0.457. The molecule has 2 bridgehead atoms. The van der Waals surface area contributed by atoms with E-state index in [9.17, 15) is 0 Å². The molecule has 0 saturated carbocycles. The van der Waals surface area contributed by atoms with Gasteiger partial charge in [0.2, 0.25) is 5.95 Å². The van der Waals surface area contributed by atoms with Crippen molar-refractivity contribution in [2.24, 2.45) is 0 Å². The first kappa shape index (κ1) is 14.9. The van der Waals surface area contributed by atoms with Crippen molar-refractivity contribution in [3.8, 4) is 0 Å². The average molecular weight is 310 g/mol. The van der Waals surface area contributed by atoms with E-state index in [1.54, 1.807) is 6.20 Å². The molecule has 3 heterocycles. The van der Waals surface area contributed by atoms with E-state index in [1.165, 1.54) is 32.1 Å². The zero-order valence-corrected chi connectivity index (χ0v) is 13.5. The Bertz CT molecular complexity index is 481. The molecule has 1 aromatic heterocycles. The van der Waals surface area contributed by atoms with Crippen molar-refractivity contribution in [2.45, 2.75) is 57.2 Å². The predicted molar refractivity (Wildman–Crippen MR) is 87.0 cm³/mol. The molecule has 0 aromatic carbocycles. The van der Waals surface area contributed by atoms with Crippen LogP contribution in [0.4, 0.5) is 11.8 Å². The maximum Gasteiger partial charge on any atom is 0.224 e. The molecule has 3 rings (SSSR count). The van der Waals surface area contributed by atoms with Gasteiger partial charge in [0, 0.05) is 24.7 Å². The van der Waals surface area contributed by atoms with Crippen LogP contribution in [0, 0.1) is 0 Å². The van der Waals surface area contributed by atoms with Crippen LogP contribution in [0.2, 0.25) is 5.02 Å². The Labute approximate surface area is 131 Å². The van der Waals surface area contributed by atoms with E-state index in [-0.39, 0.29) is 0 Å². The number of piperidine rings is 2. The summed E-state index contributed by atoms with van der Waals surface area (Å²) in [7, 11) is 2.27. The van der Waals surface area contributed by atoms with Crippen LogP contribution in [0.5, 0.6) is 0 Å². The molecule has 2 saturated heterocycles. The zero-order valence-electron chi connectivity index (χ0n) is 12.8. The van der Waals surface area contributed by atoms with E-state index in [1.807, 2.05) is 6.92 Å². The van der Waals surface area contributed by atoms with Crippen LogP contribution >= 0.6 is 11.6 Å². The second kappa shape index (κ2) is 6.36. The van der Waals surface area contributed by atoms with Gasteiger partial charge in [-0.1, -0.05) is 18.0 Å². The maximum absolute atomic E-state index is 6.24. The van der Waals surface area contributed by atoms with Crippen molar-refractivity contribution in [3.05, 3.63) is 11.2 Å². The highest BCUT2D eigenvalue weighted by molar-refractivity contribution is 6.32. The van der Waals surface area contributed by atoms with E-state index < -0.39 is 0 Å². The smallest absolute Gasteiger partial charge is 0.224 e. The lowest BCUT2D eigenvalue weighted by Crippen LogP contribution is -2.52. The minimum Gasteiger partial charge on any atom is -0.366 e. The van der Waals surface area contributed by atoms with E-state index in [0.29, 0.717) is 29.1 Å². The van der Waals surface area contributed by atoms with Gasteiger partial charge in [0.05, 0.1) is 6.20 Å². The molecule has 2 aliphatic heterocycles. The Morgan fingerprint density at radius 1 is 1.33 bits per heavy atom. The summed E-state index contributed by atoms with van der Waals surface area (Å²) in [6, 6.07) is 1.85. The highest BCUT2D eigenvalue weighted by Crippen LogP contribution is 2.34. The van der Waals surface area contributed by atoms with Crippen molar-refractivity contribution in [1.29, 1.82) is 0 Å². The molecular formula is C15H24ClN5. The van der Waals surface area contributed by atoms with Crippen molar-refractivity contribution >= 4 is 23.4 Å². The lowest BCUT2D eigenvalue weighted by atomic mass is 9.82. The van der Waals surface area contributed by atoms with E-state index in [0.717, 1.165) is 12.4 Å². The molecule has 2 fully saturated rings. The normalized spacial score (nSPS) is 29.2. The largest absolute Gasteiger partial charge is 0.366 e. The Balaban J connectivity index is 1.70. The van der Waals surface area contributed by atoms with Gasteiger partial charge in [0.15, 0.2) is 5.82 Å². The van der Waals surface area contributed by atoms with Gasteiger partial charge in [-0.3, -0.25) is 0 Å². The molecular weight excluding hydrogens is 286 g/mol. The van der Waals surface area contributed by atoms with Crippen molar-refractivity contribution in [1.82, 2.24) is 14.9 Å². The Hall–Kier alpha value is -1.07. The van der Waals surface area contributed by atoms with Gasteiger partial charge >= 0.3 is 0 Å². The summed E-state index contributed by atoms with van der Waals surface area (Å²) in [6.45, 7) is 2.84. The van der Waals surface area contributed by atoms with Crippen LogP contribution in [-0.2, 0) is 0 Å². The molecule has 0 aliphatic carbocycles. The van der Waals surface area contributed by atoms with Crippen LogP contribution in [-0.4, -0.2) is 46.6 Å². The second-order valence-electron chi connectivity index (χ2n) is 6.14. The number of nitrogens with zero attached hydrogens (tertiary/aromatic N) is 3. The standard InChI is InChI=1S/C15H24ClN5/c1-3-17-15-18-9-13(16)14(20-15)19-10-7-11-5-4-6-12(8-10)21(11)2/h9-12H,3-8H2,1-2H3,(H2,17,18,19,20). The van der Waals surface area contributed by atoms with Crippen LogP contribution in [0.25, 0.3) is 0 Å².